The number of aromatic nitrogens is 2. The van der Waals surface area contributed by atoms with Crippen molar-refractivity contribution >= 4 is 32.7 Å². The summed E-state index contributed by atoms with van der Waals surface area (Å²) in [5, 5.41) is 12.5. The number of halogens is 1. The molecular weight excluding hydrogens is 306 g/mol. The highest BCUT2D eigenvalue weighted by molar-refractivity contribution is 9.10. The molecule has 1 aromatic heterocycles. The van der Waals surface area contributed by atoms with Gasteiger partial charge in [-0.25, -0.2) is 4.98 Å². The zero-order chi connectivity index (χ0) is 13.2. The Hall–Kier alpha value is -2.01. The van der Waals surface area contributed by atoms with E-state index in [0.29, 0.717) is 6.54 Å². The molecule has 0 bridgehead atoms. The summed E-state index contributed by atoms with van der Waals surface area (Å²) in [4.78, 5) is 7.76. The van der Waals surface area contributed by atoms with E-state index in [2.05, 4.69) is 31.2 Å². The van der Waals surface area contributed by atoms with Gasteiger partial charge in [-0.2, -0.15) is 0 Å². The molecule has 3 N–H and O–H groups in total. The smallest absolute Gasteiger partial charge is 0.126 e. The number of rotatable bonds is 3. The zero-order valence-corrected chi connectivity index (χ0v) is 11.6. The van der Waals surface area contributed by atoms with Crippen LogP contribution < -0.4 is 5.32 Å². The second kappa shape index (κ2) is 4.93. The van der Waals surface area contributed by atoms with Gasteiger partial charge in [-0.15, -0.1) is 0 Å². The third-order valence-electron chi connectivity index (χ3n) is 2.82. The van der Waals surface area contributed by atoms with Crippen molar-refractivity contribution < 1.29 is 5.11 Å². The molecule has 0 spiro atoms. The Balaban J connectivity index is 1.76. The molecule has 2 aromatic carbocycles. The van der Waals surface area contributed by atoms with Crippen molar-refractivity contribution in [2.75, 3.05) is 5.32 Å². The summed E-state index contributed by atoms with van der Waals surface area (Å²) in [6.45, 7) is 0.608. The van der Waals surface area contributed by atoms with Crippen molar-refractivity contribution in [1.82, 2.24) is 9.97 Å². The summed E-state index contributed by atoms with van der Waals surface area (Å²) in [5.74, 6) is 1.14. The maximum atomic E-state index is 9.21. The number of aromatic amines is 1. The molecule has 3 aromatic rings. The van der Waals surface area contributed by atoms with Gasteiger partial charge in [0.25, 0.3) is 0 Å². The van der Waals surface area contributed by atoms with Crippen LogP contribution in [-0.2, 0) is 6.54 Å². The zero-order valence-electron chi connectivity index (χ0n) is 10.0. The fraction of sp³-hybridized carbons (Fsp3) is 0.0714. The summed E-state index contributed by atoms with van der Waals surface area (Å²) in [7, 11) is 0. The number of phenols is 1. The molecule has 4 nitrogen and oxygen atoms in total. The third kappa shape index (κ3) is 2.71. The lowest BCUT2D eigenvalue weighted by Crippen LogP contribution is -2.00. The lowest BCUT2D eigenvalue weighted by Gasteiger charge is -2.03. The molecule has 0 aliphatic rings. The van der Waals surface area contributed by atoms with Crippen LogP contribution in [0.1, 0.15) is 5.82 Å². The lowest BCUT2D eigenvalue weighted by atomic mass is 10.3. The van der Waals surface area contributed by atoms with Gasteiger partial charge in [-0.1, -0.05) is 15.9 Å². The van der Waals surface area contributed by atoms with Crippen molar-refractivity contribution in [3.8, 4) is 5.75 Å². The van der Waals surface area contributed by atoms with E-state index < -0.39 is 0 Å². The van der Waals surface area contributed by atoms with E-state index in [4.69, 9.17) is 0 Å². The molecule has 0 aliphatic carbocycles. The number of hydrogen-bond acceptors (Lipinski definition) is 3. The predicted molar refractivity (Wildman–Crippen MR) is 79.2 cm³/mol. The van der Waals surface area contributed by atoms with E-state index in [1.165, 1.54) is 0 Å². The van der Waals surface area contributed by atoms with Gasteiger partial charge in [0.2, 0.25) is 0 Å². The van der Waals surface area contributed by atoms with Crippen LogP contribution in [-0.4, -0.2) is 15.1 Å². The number of fused-ring (bicyclic) bond motifs is 1. The van der Waals surface area contributed by atoms with E-state index in [9.17, 15) is 5.11 Å². The maximum absolute atomic E-state index is 9.21. The van der Waals surface area contributed by atoms with E-state index in [-0.39, 0.29) is 5.75 Å². The standard InChI is InChI=1S/C14H12BrN3O/c15-9-1-6-12-13(7-9)18-14(17-12)8-16-10-2-4-11(19)5-3-10/h1-7,16,19H,8H2,(H,17,18). The quantitative estimate of drug-likeness (QED) is 0.646. The Labute approximate surface area is 118 Å². The van der Waals surface area contributed by atoms with Gasteiger partial charge in [-0.3, -0.25) is 0 Å². The SMILES string of the molecule is Oc1ccc(NCc2nc3ccc(Br)cc3[nH]2)cc1. The molecule has 0 unspecified atom stereocenters. The Morgan fingerprint density at radius 1 is 1.16 bits per heavy atom. The number of anilines is 1. The van der Waals surface area contributed by atoms with Crippen LogP contribution in [0.2, 0.25) is 0 Å². The Kier molecular flexibility index (Phi) is 3.13. The van der Waals surface area contributed by atoms with Crippen LogP contribution in [0.5, 0.6) is 5.75 Å². The molecule has 0 saturated heterocycles. The first-order chi connectivity index (χ1) is 9.20. The first-order valence-corrected chi connectivity index (χ1v) is 6.67. The molecule has 0 aliphatic heterocycles. The van der Waals surface area contributed by atoms with Gasteiger partial charge in [0.15, 0.2) is 0 Å². The van der Waals surface area contributed by atoms with E-state index in [1.54, 1.807) is 12.1 Å². The molecule has 3 rings (SSSR count). The number of nitrogens with one attached hydrogen (secondary N) is 2. The number of nitrogens with zero attached hydrogens (tertiary/aromatic N) is 1. The summed E-state index contributed by atoms with van der Waals surface area (Å²) in [6.07, 6.45) is 0. The summed E-state index contributed by atoms with van der Waals surface area (Å²) >= 11 is 3.44. The fourth-order valence-electron chi connectivity index (χ4n) is 1.88. The van der Waals surface area contributed by atoms with Crippen LogP contribution in [0.3, 0.4) is 0 Å². The van der Waals surface area contributed by atoms with Crippen molar-refractivity contribution in [2.24, 2.45) is 0 Å². The van der Waals surface area contributed by atoms with Gasteiger partial charge in [0.05, 0.1) is 17.6 Å². The number of aromatic hydroxyl groups is 1. The van der Waals surface area contributed by atoms with Gasteiger partial charge < -0.3 is 15.4 Å². The summed E-state index contributed by atoms with van der Waals surface area (Å²) < 4.78 is 1.03. The Bertz CT molecular complexity index is 706. The van der Waals surface area contributed by atoms with E-state index >= 15 is 0 Å². The highest BCUT2D eigenvalue weighted by atomic mass is 79.9. The van der Waals surface area contributed by atoms with Crippen molar-refractivity contribution in [1.29, 1.82) is 0 Å². The third-order valence-corrected chi connectivity index (χ3v) is 3.31. The highest BCUT2D eigenvalue weighted by Crippen LogP contribution is 2.19. The Morgan fingerprint density at radius 2 is 1.95 bits per heavy atom. The minimum absolute atomic E-state index is 0.263. The molecule has 0 saturated carbocycles. The molecule has 19 heavy (non-hydrogen) atoms. The molecule has 0 atom stereocenters. The predicted octanol–water partition coefficient (Wildman–Crippen LogP) is 3.64. The molecule has 0 radical (unpaired) electrons. The normalized spacial score (nSPS) is 10.8. The molecular formula is C14H12BrN3O. The van der Waals surface area contributed by atoms with Gasteiger partial charge in [0, 0.05) is 10.2 Å². The van der Waals surface area contributed by atoms with Crippen LogP contribution in [0.15, 0.2) is 46.9 Å². The number of H-pyrrole nitrogens is 1. The summed E-state index contributed by atoms with van der Waals surface area (Å²) in [6, 6.07) is 12.9. The largest absolute Gasteiger partial charge is 0.508 e. The lowest BCUT2D eigenvalue weighted by molar-refractivity contribution is 0.475. The first-order valence-electron chi connectivity index (χ1n) is 5.88. The summed E-state index contributed by atoms with van der Waals surface area (Å²) in [5.41, 5.74) is 2.90. The van der Waals surface area contributed by atoms with Crippen molar-refractivity contribution in [2.45, 2.75) is 6.54 Å². The maximum Gasteiger partial charge on any atom is 0.126 e. The van der Waals surface area contributed by atoms with Crippen LogP contribution >= 0.6 is 15.9 Å². The Morgan fingerprint density at radius 3 is 2.74 bits per heavy atom. The van der Waals surface area contributed by atoms with Crippen LogP contribution in [0, 0.1) is 0 Å². The number of phenolic OH excluding ortho intramolecular Hbond substituents is 1. The number of benzene rings is 2. The average molecular weight is 318 g/mol. The molecule has 5 heteroatoms. The van der Waals surface area contributed by atoms with E-state index in [0.717, 1.165) is 27.0 Å². The minimum Gasteiger partial charge on any atom is -0.508 e. The topological polar surface area (TPSA) is 60.9 Å². The van der Waals surface area contributed by atoms with Crippen LogP contribution in [0.4, 0.5) is 5.69 Å². The second-order valence-electron chi connectivity index (χ2n) is 4.25. The molecule has 0 fully saturated rings. The van der Waals surface area contributed by atoms with Crippen LogP contribution in [0.25, 0.3) is 11.0 Å². The number of imidazole rings is 1. The fourth-order valence-corrected chi connectivity index (χ4v) is 2.24. The first kappa shape index (κ1) is 12.0. The monoisotopic (exact) mass is 317 g/mol. The molecule has 96 valence electrons. The molecule has 1 heterocycles. The van der Waals surface area contributed by atoms with Crippen molar-refractivity contribution in [3.63, 3.8) is 0 Å². The van der Waals surface area contributed by atoms with Gasteiger partial charge in [0.1, 0.15) is 11.6 Å². The van der Waals surface area contributed by atoms with Gasteiger partial charge >= 0.3 is 0 Å². The highest BCUT2D eigenvalue weighted by Gasteiger charge is 2.03. The molecule has 0 amide bonds. The number of hydrogen-bond donors (Lipinski definition) is 3. The average Bonchev–Trinajstić information content (AvgIpc) is 2.80. The second-order valence-corrected chi connectivity index (χ2v) is 5.16. The van der Waals surface area contributed by atoms with Crippen molar-refractivity contribution in [3.05, 3.63) is 52.8 Å². The minimum atomic E-state index is 0.263. The van der Waals surface area contributed by atoms with E-state index in [1.807, 2.05) is 30.3 Å². The van der Waals surface area contributed by atoms with Gasteiger partial charge in [-0.05, 0) is 42.5 Å².